The van der Waals surface area contributed by atoms with Crippen LogP contribution in [0.2, 0.25) is 0 Å². The molecule has 11 heteroatoms. The fraction of sp³-hybridized carbons (Fsp3) is 0.458. The van der Waals surface area contributed by atoms with Crippen LogP contribution in [0.3, 0.4) is 0 Å². The van der Waals surface area contributed by atoms with Crippen molar-refractivity contribution in [2.75, 3.05) is 48.6 Å². The lowest BCUT2D eigenvalue weighted by Crippen LogP contribution is -2.45. The molecule has 35 heavy (non-hydrogen) atoms. The summed E-state index contributed by atoms with van der Waals surface area (Å²) in [7, 11) is 3.48. The van der Waals surface area contributed by atoms with Crippen LogP contribution >= 0.6 is 0 Å². The van der Waals surface area contributed by atoms with Crippen molar-refractivity contribution in [3.05, 3.63) is 41.7 Å². The average Bonchev–Trinajstić information content (AvgIpc) is 2.87. The summed E-state index contributed by atoms with van der Waals surface area (Å²) in [6.07, 6.45) is 1.05. The van der Waals surface area contributed by atoms with Crippen LogP contribution in [-0.4, -0.2) is 72.1 Å². The number of carbonyl (C=O) groups is 1. The Morgan fingerprint density at radius 2 is 1.66 bits per heavy atom. The second kappa shape index (κ2) is 11.1. The maximum atomic E-state index is 13.8. The molecule has 0 aromatic heterocycles. The van der Waals surface area contributed by atoms with Gasteiger partial charge in [0.2, 0.25) is 21.7 Å². The molecule has 0 aliphatic carbocycles. The zero-order valence-electron chi connectivity index (χ0n) is 20.5. The topological polar surface area (TPSA) is 94.6 Å². The third-order valence-corrected chi connectivity index (χ3v) is 7.88. The largest absolute Gasteiger partial charge is 0.495 e. The molecule has 1 fully saturated rings. The SMILES string of the molecule is COc1ccc(F)cc1S(=O)(=O)N1CCC[C@H](C(=O)N(C)Cc2cc(OC)c(OC)c(OC)c2)C1. The number of carbonyl (C=O) groups excluding carboxylic acids is 1. The highest BCUT2D eigenvalue weighted by Gasteiger charge is 2.36. The Hall–Kier alpha value is -3.05. The molecule has 192 valence electrons. The van der Waals surface area contributed by atoms with Crippen molar-refractivity contribution in [2.24, 2.45) is 5.92 Å². The lowest BCUT2D eigenvalue weighted by atomic mass is 9.98. The van der Waals surface area contributed by atoms with E-state index in [0.29, 0.717) is 30.1 Å². The summed E-state index contributed by atoms with van der Waals surface area (Å²) in [6.45, 7) is 0.499. The van der Waals surface area contributed by atoms with Gasteiger partial charge in [-0.15, -0.1) is 0 Å². The molecule has 0 spiro atoms. The Labute approximate surface area is 205 Å². The Kier molecular flexibility index (Phi) is 8.44. The summed E-state index contributed by atoms with van der Waals surface area (Å²) in [5.41, 5.74) is 0.764. The maximum absolute atomic E-state index is 13.8. The molecule has 2 aromatic carbocycles. The second-order valence-corrected chi connectivity index (χ2v) is 10.1. The molecule has 9 nitrogen and oxygen atoms in total. The van der Waals surface area contributed by atoms with Gasteiger partial charge in [0.25, 0.3) is 0 Å². The number of amides is 1. The predicted molar refractivity (Wildman–Crippen MR) is 127 cm³/mol. The van der Waals surface area contributed by atoms with Gasteiger partial charge in [0.05, 0.1) is 34.4 Å². The van der Waals surface area contributed by atoms with Crippen LogP contribution in [0.1, 0.15) is 18.4 Å². The predicted octanol–water partition coefficient (Wildman–Crippen LogP) is 2.92. The highest BCUT2D eigenvalue weighted by molar-refractivity contribution is 7.89. The van der Waals surface area contributed by atoms with Crippen molar-refractivity contribution >= 4 is 15.9 Å². The lowest BCUT2D eigenvalue weighted by Gasteiger charge is -2.33. The highest BCUT2D eigenvalue weighted by atomic mass is 32.2. The van der Waals surface area contributed by atoms with Crippen LogP contribution in [0.4, 0.5) is 4.39 Å². The van der Waals surface area contributed by atoms with E-state index in [0.717, 1.165) is 17.7 Å². The number of nitrogens with zero attached hydrogens (tertiary/aromatic N) is 2. The van der Waals surface area contributed by atoms with Gasteiger partial charge < -0.3 is 23.8 Å². The van der Waals surface area contributed by atoms with Crippen molar-refractivity contribution in [1.29, 1.82) is 0 Å². The van der Waals surface area contributed by atoms with Crippen LogP contribution in [0.15, 0.2) is 35.2 Å². The van der Waals surface area contributed by atoms with Gasteiger partial charge in [0.15, 0.2) is 11.5 Å². The van der Waals surface area contributed by atoms with Gasteiger partial charge in [0.1, 0.15) is 16.5 Å². The average molecular weight is 511 g/mol. The number of methoxy groups -OCH3 is 4. The number of piperidine rings is 1. The monoisotopic (exact) mass is 510 g/mol. The number of hydrogen-bond acceptors (Lipinski definition) is 7. The van der Waals surface area contributed by atoms with E-state index in [2.05, 4.69) is 0 Å². The molecule has 0 unspecified atom stereocenters. The van der Waals surface area contributed by atoms with Crippen LogP contribution in [-0.2, 0) is 21.4 Å². The highest BCUT2D eigenvalue weighted by Crippen LogP contribution is 2.38. The van der Waals surface area contributed by atoms with E-state index in [1.165, 1.54) is 38.8 Å². The molecular weight excluding hydrogens is 479 g/mol. The molecule has 3 rings (SSSR count). The van der Waals surface area contributed by atoms with Crippen molar-refractivity contribution in [2.45, 2.75) is 24.3 Å². The fourth-order valence-corrected chi connectivity index (χ4v) is 5.93. The first kappa shape index (κ1) is 26.6. The van der Waals surface area contributed by atoms with Gasteiger partial charge in [-0.2, -0.15) is 4.31 Å². The van der Waals surface area contributed by atoms with E-state index < -0.39 is 21.8 Å². The van der Waals surface area contributed by atoms with Crippen molar-refractivity contribution < 1.29 is 36.6 Å². The summed E-state index contributed by atoms with van der Waals surface area (Å²) in [6, 6.07) is 6.88. The van der Waals surface area contributed by atoms with Gasteiger partial charge in [0, 0.05) is 26.7 Å². The number of rotatable bonds is 9. The van der Waals surface area contributed by atoms with Gasteiger partial charge in [-0.1, -0.05) is 0 Å². The standard InChI is InChI=1S/C24H31FN2O7S/c1-26(14-16-11-20(32-3)23(34-5)21(12-16)33-4)24(28)17-7-6-10-27(15-17)35(29,30)22-13-18(25)8-9-19(22)31-2/h8-9,11-13,17H,6-7,10,14-15H2,1-5H3/t17-/m0/s1. The van der Waals surface area contributed by atoms with E-state index >= 15 is 0 Å². The van der Waals surface area contributed by atoms with Crippen molar-refractivity contribution in [1.82, 2.24) is 9.21 Å². The zero-order chi connectivity index (χ0) is 25.8. The molecule has 0 radical (unpaired) electrons. The molecule has 1 aliphatic rings. The first-order chi connectivity index (χ1) is 16.7. The van der Waals surface area contributed by atoms with E-state index in [1.54, 1.807) is 24.1 Å². The molecule has 2 aromatic rings. The molecule has 1 heterocycles. The fourth-order valence-electron chi connectivity index (χ4n) is 4.24. The third-order valence-electron chi connectivity index (χ3n) is 6.00. The van der Waals surface area contributed by atoms with E-state index in [4.69, 9.17) is 18.9 Å². The number of ether oxygens (including phenoxy) is 4. The smallest absolute Gasteiger partial charge is 0.246 e. The Morgan fingerprint density at radius 1 is 1.03 bits per heavy atom. The number of benzene rings is 2. The van der Waals surface area contributed by atoms with Crippen molar-refractivity contribution in [3.63, 3.8) is 0 Å². The molecule has 0 N–H and O–H groups in total. The zero-order valence-corrected chi connectivity index (χ0v) is 21.4. The molecule has 0 saturated carbocycles. The van der Waals surface area contributed by atoms with Crippen LogP contribution in [0.5, 0.6) is 23.0 Å². The number of sulfonamides is 1. The maximum Gasteiger partial charge on any atom is 0.246 e. The van der Waals surface area contributed by atoms with E-state index in [-0.39, 0.29) is 36.2 Å². The minimum atomic E-state index is -4.05. The number of halogens is 1. The summed E-state index contributed by atoms with van der Waals surface area (Å²) in [5, 5.41) is 0. The second-order valence-electron chi connectivity index (χ2n) is 8.23. The first-order valence-electron chi connectivity index (χ1n) is 11.0. The molecule has 0 bridgehead atoms. The third kappa shape index (κ3) is 5.62. The number of hydrogen-bond donors (Lipinski definition) is 0. The Morgan fingerprint density at radius 3 is 2.23 bits per heavy atom. The first-order valence-corrected chi connectivity index (χ1v) is 12.5. The molecule has 1 saturated heterocycles. The van der Waals surface area contributed by atoms with E-state index in [9.17, 15) is 17.6 Å². The Balaban J connectivity index is 1.78. The van der Waals surface area contributed by atoms with Gasteiger partial charge in [-0.3, -0.25) is 4.79 Å². The molecule has 1 amide bonds. The van der Waals surface area contributed by atoms with Crippen LogP contribution in [0.25, 0.3) is 0 Å². The van der Waals surface area contributed by atoms with Crippen molar-refractivity contribution in [3.8, 4) is 23.0 Å². The van der Waals surface area contributed by atoms with Gasteiger partial charge in [-0.05, 0) is 48.7 Å². The summed E-state index contributed by atoms with van der Waals surface area (Å²) < 4.78 is 62.8. The van der Waals surface area contributed by atoms with Gasteiger partial charge in [-0.25, -0.2) is 12.8 Å². The minimum absolute atomic E-state index is 0.000426. The van der Waals surface area contributed by atoms with E-state index in [1.807, 2.05) is 0 Å². The lowest BCUT2D eigenvalue weighted by molar-refractivity contribution is -0.135. The molecule has 1 atom stereocenters. The minimum Gasteiger partial charge on any atom is -0.495 e. The quantitative estimate of drug-likeness (QED) is 0.512. The summed E-state index contributed by atoms with van der Waals surface area (Å²) in [5.74, 6) is 0.0467. The normalized spacial score (nSPS) is 16.5. The van der Waals surface area contributed by atoms with Gasteiger partial charge >= 0.3 is 0 Å². The van der Waals surface area contributed by atoms with Crippen LogP contribution < -0.4 is 18.9 Å². The molecule has 1 aliphatic heterocycles. The van der Waals surface area contributed by atoms with Crippen LogP contribution in [0, 0.1) is 11.7 Å². The summed E-state index contributed by atoms with van der Waals surface area (Å²) >= 11 is 0. The molecular formula is C24H31FN2O7S. The summed E-state index contributed by atoms with van der Waals surface area (Å²) in [4.78, 5) is 14.5. The Bertz CT molecular complexity index is 1150.